The minimum Gasteiger partial charge on any atom is -0.497 e. The van der Waals surface area contributed by atoms with E-state index in [1.54, 1.807) is 26.2 Å². The molecule has 2 heterocycles. The maximum Gasteiger partial charge on any atom is 0.322 e. The van der Waals surface area contributed by atoms with Crippen LogP contribution >= 0.6 is 11.8 Å². The molecule has 3 atom stereocenters. The zero-order valence-electron chi connectivity index (χ0n) is 19.2. The molecule has 0 spiro atoms. The molecule has 0 aliphatic carbocycles. The van der Waals surface area contributed by atoms with Crippen molar-refractivity contribution in [1.82, 2.24) is 4.90 Å². The number of hydrogen-bond donors (Lipinski definition) is 1. The van der Waals surface area contributed by atoms with Crippen LogP contribution in [0.1, 0.15) is 13.3 Å². The van der Waals surface area contributed by atoms with Crippen LogP contribution in [0.4, 0.5) is 5.69 Å². The Morgan fingerprint density at radius 3 is 2.64 bits per heavy atom. The van der Waals surface area contributed by atoms with E-state index in [0.29, 0.717) is 18.1 Å². The van der Waals surface area contributed by atoms with Crippen molar-refractivity contribution in [3.8, 4) is 11.5 Å². The third-order valence-electron chi connectivity index (χ3n) is 6.10. The lowest BCUT2D eigenvalue weighted by Crippen LogP contribution is -2.46. The first kappa shape index (κ1) is 23.7. The third-order valence-corrected chi connectivity index (χ3v) is 7.40. The largest absolute Gasteiger partial charge is 0.497 e. The summed E-state index contributed by atoms with van der Waals surface area (Å²) < 4.78 is 16.7. The van der Waals surface area contributed by atoms with E-state index in [0.717, 1.165) is 44.0 Å². The lowest BCUT2D eigenvalue weighted by molar-refractivity contribution is -0.146. The van der Waals surface area contributed by atoms with Gasteiger partial charge in [-0.25, -0.2) is 0 Å². The lowest BCUT2D eigenvalue weighted by Gasteiger charge is -2.36. The van der Waals surface area contributed by atoms with Gasteiger partial charge in [0, 0.05) is 38.4 Å². The number of anilines is 1. The molecule has 0 saturated carbocycles. The van der Waals surface area contributed by atoms with Crippen LogP contribution in [0, 0.1) is 0 Å². The molecular weight excluding hydrogens is 440 g/mol. The van der Waals surface area contributed by atoms with Gasteiger partial charge in [-0.2, -0.15) is 0 Å². The number of hydrogen-bond acceptors (Lipinski definition) is 8. The number of aliphatic hydroxyl groups is 1. The molecular formula is C25H32N2O5S. The van der Waals surface area contributed by atoms with E-state index in [9.17, 15) is 9.90 Å². The molecule has 7 nitrogen and oxygen atoms in total. The van der Waals surface area contributed by atoms with Gasteiger partial charge in [-0.15, -0.1) is 11.8 Å². The van der Waals surface area contributed by atoms with E-state index in [-0.39, 0.29) is 0 Å². The van der Waals surface area contributed by atoms with Crippen molar-refractivity contribution >= 4 is 23.4 Å². The smallest absolute Gasteiger partial charge is 0.322 e. The highest BCUT2D eigenvalue weighted by Gasteiger charge is 2.38. The van der Waals surface area contributed by atoms with Gasteiger partial charge in [0.05, 0.1) is 18.6 Å². The average Bonchev–Trinajstić information content (AvgIpc) is 2.98. The number of rotatable bonds is 7. The standard InChI is InChI=1S/C25H32N2O5S/c1-18-23(28)24(33-22-17-20(30-2)9-10-21(22)32-18)25(29)31-16-6-11-26-12-14-27(15-13-26)19-7-4-3-5-8-19/h3-5,7-10,17-18,23-24,28H,6,11-16H2,1-2H3/t18?,23-,24-/m0/s1. The molecule has 1 N–H and O–H groups in total. The van der Waals surface area contributed by atoms with E-state index < -0.39 is 23.4 Å². The van der Waals surface area contributed by atoms with Gasteiger partial charge in [-0.3, -0.25) is 9.69 Å². The summed E-state index contributed by atoms with van der Waals surface area (Å²) in [5.74, 6) is 0.901. The number of esters is 1. The van der Waals surface area contributed by atoms with Gasteiger partial charge in [-0.1, -0.05) is 18.2 Å². The summed E-state index contributed by atoms with van der Waals surface area (Å²) in [5, 5.41) is 9.93. The highest BCUT2D eigenvalue weighted by atomic mass is 32.2. The van der Waals surface area contributed by atoms with Crippen molar-refractivity contribution in [2.75, 3.05) is 51.3 Å². The average molecular weight is 473 g/mol. The Bertz CT molecular complexity index is 920. The van der Waals surface area contributed by atoms with E-state index in [4.69, 9.17) is 14.2 Å². The molecule has 1 fully saturated rings. The molecule has 0 radical (unpaired) electrons. The molecule has 2 aromatic carbocycles. The van der Waals surface area contributed by atoms with Crippen LogP contribution in [0.3, 0.4) is 0 Å². The number of nitrogens with zero attached hydrogens (tertiary/aromatic N) is 2. The number of para-hydroxylation sites is 1. The maximum atomic E-state index is 12.8. The number of carbonyl (C=O) groups excluding carboxylic acids is 1. The van der Waals surface area contributed by atoms with Crippen molar-refractivity contribution in [3.63, 3.8) is 0 Å². The summed E-state index contributed by atoms with van der Waals surface area (Å²) in [4.78, 5) is 18.4. The summed E-state index contributed by atoms with van der Waals surface area (Å²) in [5.41, 5.74) is 1.27. The maximum absolute atomic E-state index is 12.8. The van der Waals surface area contributed by atoms with Crippen LogP contribution in [-0.2, 0) is 9.53 Å². The van der Waals surface area contributed by atoms with Crippen LogP contribution in [0.25, 0.3) is 0 Å². The summed E-state index contributed by atoms with van der Waals surface area (Å²) in [6.45, 7) is 6.96. The van der Waals surface area contributed by atoms with Gasteiger partial charge >= 0.3 is 5.97 Å². The number of benzene rings is 2. The van der Waals surface area contributed by atoms with Crippen LogP contribution in [0.5, 0.6) is 11.5 Å². The monoisotopic (exact) mass is 472 g/mol. The number of piperazine rings is 1. The Morgan fingerprint density at radius 2 is 1.91 bits per heavy atom. The van der Waals surface area contributed by atoms with Crippen molar-refractivity contribution in [1.29, 1.82) is 0 Å². The highest BCUT2D eigenvalue weighted by molar-refractivity contribution is 8.00. The van der Waals surface area contributed by atoms with Crippen LogP contribution in [0.15, 0.2) is 53.4 Å². The van der Waals surface area contributed by atoms with Gasteiger partial charge in [0.1, 0.15) is 29.0 Å². The Hall–Kier alpha value is -2.42. The Kier molecular flexibility index (Phi) is 8.01. The second kappa shape index (κ2) is 11.1. The van der Waals surface area contributed by atoms with Gasteiger partial charge in [0.25, 0.3) is 0 Å². The zero-order valence-corrected chi connectivity index (χ0v) is 20.0. The molecule has 4 rings (SSSR count). The second-order valence-corrected chi connectivity index (χ2v) is 9.53. The number of thioether (sulfide) groups is 1. The number of aliphatic hydroxyl groups excluding tert-OH is 1. The first-order valence-electron chi connectivity index (χ1n) is 11.4. The second-order valence-electron chi connectivity index (χ2n) is 8.35. The summed E-state index contributed by atoms with van der Waals surface area (Å²) >= 11 is 1.27. The summed E-state index contributed by atoms with van der Waals surface area (Å²) in [6, 6.07) is 15.9. The number of ether oxygens (including phenoxy) is 3. The predicted octanol–water partition coefficient (Wildman–Crippen LogP) is 3.05. The van der Waals surface area contributed by atoms with E-state index in [2.05, 4.69) is 34.1 Å². The Morgan fingerprint density at radius 1 is 1.15 bits per heavy atom. The minimum absolute atomic E-state index is 0.335. The molecule has 1 saturated heterocycles. The SMILES string of the molecule is COc1ccc2c(c1)S[C@H](C(=O)OCCCN1CCN(c3ccccc3)CC1)[C@@H](O)C(C)O2. The van der Waals surface area contributed by atoms with Crippen molar-refractivity contribution in [3.05, 3.63) is 48.5 Å². The van der Waals surface area contributed by atoms with Crippen molar-refractivity contribution < 1.29 is 24.1 Å². The summed E-state index contributed by atoms with van der Waals surface area (Å²) in [7, 11) is 1.59. The predicted molar refractivity (Wildman–Crippen MR) is 129 cm³/mol. The molecule has 0 bridgehead atoms. The van der Waals surface area contributed by atoms with E-state index in [1.165, 1.54) is 17.4 Å². The highest BCUT2D eigenvalue weighted by Crippen LogP contribution is 2.40. The molecule has 2 aliphatic rings. The minimum atomic E-state index is -0.966. The molecule has 178 valence electrons. The zero-order chi connectivity index (χ0) is 23.2. The molecule has 2 aliphatic heterocycles. The van der Waals surface area contributed by atoms with Gasteiger partial charge < -0.3 is 24.2 Å². The molecule has 8 heteroatoms. The van der Waals surface area contributed by atoms with Crippen molar-refractivity contribution in [2.24, 2.45) is 0 Å². The molecule has 0 aromatic heterocycles. The first-order valence-corrected chi connectivity index (χ1v) is 12.3. The van der Waals surface area contributed by atoms with E-state index >= 15 is 0 Å². The normalized spacial score (nSPS) is 23.2. The third kappa shape index (κ3) is 5.93. The fraction of sp³-hybridized carbons (Fsp3) is 0.480. The summed E-state index contributed by atoms with van der Waals surface area (Å²) in [6.07, 6.45) is -0.723. The first-order chi connectivity index (χ1) is 16.0. The Balaban J connectivity index is 1.24. The molecule has 0 amide bonds. The molecule has 1 unspecified atom stereocenters. The van der Waals surface area contributed by atoms with Gasteiger partial charge in [0.2, 0.25) is 0 Å². The Labute approximate surface area is 199 Å². The fourth-order valence-corrected chi connectivity index (χ4v) is 5.34. The van der Waals surface area contributed by atoms with Crippen molar-refractivity contribution in [2.45, 2.75) is 35.7 Å². The van der Waals surface area contributed by atoms with Crippen LogP contribution in [0.2, 0.25) is 0 Å². The van der Waals surface area contributed by atoms with Crippen LogP contribution in [-0.4, -0.2) is 79.9 Å². The van der Waals surface area contributed by atoms with Gasteiger partial charge in [-0.05, 0) is 43.7 Å². The topological polar surface area (TPSA) is 71.5 Å². The molecule has 2 aromatic rings. The fourth-order valence-electron chi connectivity index (χ4n) is 4.13. The molecule has 33 heavy (non-hydrogen) atoms. The number of carbonyl (C=O) groups is 1. The number of fused-ring (bicyclic) bond motifs is 1. The quantitative estimate of drug-likeness (QED) is 0.487. The number of methoxy groups -OCH3 is 1. The van der Waals surface area contributed by atoms with Gasteiger partial charge in [0.15, 0.2) is 0 Å². The van der Waals surface area contributed by atoms with Crippen LogP contribution < -0.4 is 14.4 Å². The lowest BCUT2D eigenvalue weighted by atomic mass is 10.1. The van der Waals surface area contributed by atoms with E-state index in [1.807, 2.05) is 12.1 Å².